The summed E-state index contributed by atoms with van der Waals surface area (Å²) < 4.78 is 2.27. The molecular weight excluding hydrogens is 280 g/mol. The Hall–Kier alpha value is 0.180. The van der Waals surface area contributed by atoms with Crippen molar-refractivity contribution in [1.82, 2.24) is 0 Å². The third-order valence-corrected chi connectivity index (χ3v) is 2.50. The summed E-state index contributed by atoms with van der Waals surface area (Å²) in [4.78, 5) is 0. The highest BCUT2D eigenvalue weighted by Crippen LogP contribution is 2.18. The third kappa shape index (κ3) is 5.78. The Labute approximate surface area is 91.7 Å². The first kappa shape index (κ1) is 12.2. The number of hydrogen-bond donors (Lipinski definition) is 0. The van der Waals surface area contributed by atoms with E-state index in [2.05, 4.69) is 51.8 Å². The molecule has 0 saturated heterocycles. The highest BCUT2D eigenvalue weighted by molar-refractivity contribution is 9.12. The van der Waals surface area contributed by atoms with Crippen LogP contribution in [0.5, 0.6) is 0 Å². The molecule has 0 rings (SSSR count). The maximum absolute atomic E-state index is 3.50. The minimum Gasteiger partial charge on any atom is -0.0807 e. The van der Waals surface area contributed by atoms with Crippen LogP contribution in [0.1, 0.15) is 27.2 Å². The molecule has 12 heavy (non-hydrogen) atoms. The van der Waals surface area contributed by atoms with E-state index in [1.54, 1.807) is 0 Å². The molecule has 0 aliphatic carbocycles. The van der Waals surface area contributed by atoms with Crippen molar-refractivity contribution in [2.75, 3.05) is 0 Å². The minimum atomic E-state index is 1.08. The lowest BCUT2D eigenvalue weighted by molar-refractivity contribution is 1.19. The van der Waals surface area contributed by atoms with Crippen molar-refractivity contribution in [2.45, 2.75) is 27.2 Å². The van der Waals surface area contributed by atoms with Crippen LogP contribution in [0.4, 0.5) is 0 Å². The second kappa shape index (κ2) is 6.67. The number of rotatable bonds is 3. The zero-order valence-corrected chi connectivity index (χ0v) is 10.9. The highest BCUT2D eigenvalue weighted by Gasteiger charge is 1.91. The van der Waals surface area contributed by atoms with Crippen LogP contribution in [0, 0.1) is 0 Å². The van der Waals surface area contributed by atoms with E-state index in [9.17, 15) is 0 Å². The second-order valence-electron chi connectivity index (χ2n) is 2.56. The van der Waals surface area contributed by atoms with Crippen molar-refractivity contribution < 1.29 is 0 Å². The molecule has 2 heteroatoms. The van der Waals surface area contributed by atoms with E-state index in [-0.39, 0.29) is 0 Å². The molecule has 0 aromatic carbocycles. The molecule has 0 aromatic heterocycles. The lowest BCUT2D eigenvalue weighted by atomic mass is 10.2. The van der Waals surface area contributed by atoms with Crippen molar-refractivity contribution in [3.8, 4) is 0 Å². The van der Waals surface area contributed by atoms with Gasteiger partial charge in [-0.2, -0.15) is 0 Å². The molecule has 0 nitrogen and oxygen atoms in total. The lowest BCUT2D eigenvalue weighted by Crippen LogP contribution is -1.74. The van der Waals surface area contributed by atoms with E-state index >= 15 is 0 Å². The van der Waals surface area contributed by atoms with Gasteiger partial charge in [0.1, 0.15) is 0 Å². The molecule has 0 spiro atoms. The number of allylic oxidation sites excluding steroid dienone is 6. The normalized spacial score (nSPS) is 15.2. The minimum absolute atomic E-state index is 1.08. The molecule has 0 fully saturated rings. The molecule has 0 aliphatic heterocycles. The molecule has 68 valence electrons. The molecular formula is C10H14Br2. The maximum Gasteiger partial charge on any atom is 0.0201 e. The zero-order valence-electron chi connectivity index (χ0n) is 7.70. The van der Waals surface area contributed by atoms with Gasteiger partial charge in [-0.25, -0.2) is 0 Å². The molecule has 0 heterocycles. The third-order valence-electron chi connectivity index (χ3n) is 1.35. The van der Waals surface area contributed by atoms with Gasteiger partial charge in [0, 0.05) is 4.48 Å². The summed E-state index contributed by atoms with van der Waals surface area (Å²) in [7, 11) is 0. The summed E-state index contributed by atoms with van der Waals surface area (Å²) >= 11 is 6.87. The predicted molar refractivity (Wildman–Crippen MR) is 63.7 cm³/mol. The Kier molecular flexibility index (Phi) is 6.77. The average Bonchev–Trinajstić information content (AvgIpc) is 2.00. The van der Waals surface area contributed by atoms with Crippen LogP contribution < -0.4 is 0 Å². The van der Waals surface area contributed by atoms with E-state index in [4.69, 9.17) is 0 Å². The Morgan fingerprint density at radius 3 is 2.17 bits per heavy atom. The van der Waals surface area contributed by atoms with Gasteiger partial charge in [-0.05, 0) is 36.4 Å². The highest BCUT2D eigenvalue weighted by atomic mass is 79.9. The summed E-state index contributed by atoms with van der Waals surface area (Å²) in [6.45, 7) is 6.24. The summed E-state index contributed by atoms with van der Waals surface area (Å²) in [5, 5.41) is 0. The van der Waals surface area contributed by atoms with Gasteiger partial charge in [0.15, 0.2) is 0 Å². The first-order valence-corrected chi connectivity index (χ1v) is 5.53. The summed E-state index contributed by atoms with van der Waals surface area (Å²) in [6.07, 6.45) is 7.34. The summed E-state index contributed by atoms with van der Waals surface area (Å²) in [5.41, 5.74) is 1.28. The Balaban J connectivity index is 4.38. The van der Waals surface area contributed by atoms with Crippen LogP contribution in [0.25, 0.3) is 0 Å². The van der Waals surface area contributed by atoms with E-state index in [0.29, 0.717) is 0 Å². The first-order valence-electron chi connectivity index (χ1n) is 3.94. The fourth-order valence-corrected chi connectivity index (χ4v) is 1.15. The monoisotopic (exact) mass is 292 g/mol. The van der Waals surface area contributed by atoms with Gasteiger partial charge >= 0.3 is 0 Å². The van der Waals surface area contributed by atoms with Crippen molar-refractivity contribution in [2.24, 2.45) is 0 Å². The molecule has 0 atom stereocenters. The molecule has 0 saturated carbocycles. The van der Waals surface area contributed by atoms with Crippen molar-refractivity contribution in [3.63, 3.8) is 0 Å². The van der Waals surface area contributed by atoms with Gasteiger partial charge in [-0.15, -0.1) is 0 Å². The molecule has 0 amide bonds. The maximum atomic E-state index is 3.50. The van der Waals surface area contributed by atoms with Crippen LogP contribution in [-0.2, 0) is 0 Å². The van der Waals surface area contributed by atoms with Gasteiger partial charge in [0.25, 0.3) is 0 Å². The van der Waals surface area contributed by atoms with Crippen LogP contribution in [0.15, 0.2) is 32.8 Å². The number of hydrogen-bond acceptors (Lipinski definition) is 0. The van der Waals surface area contributed by atoms with Gasteiger partial charge in [0.05, 0.1) is 0 Å². The topological polar surface area (TPSA) is 0 Å². The molecule has 0 aliphatic rings. The zero-order chi connectivity index (χ0) is 9.56. The molecule has 0 radical (unpaired) electrons. The summed E-state index contributed by atoms with van der Waals surface area (Å²) in [5.74, 6) is 0. The van der Waals surface area contributed by atoms with Crippen LogP contribution in [0.3, 0.4) is 0 Å². The smallest absolute Gasteiger partial charge is 0.0201 e. The molecule has 0 N–H and O–H groups in total. The van der Waals surface area contributed by atoms with E-state index in [1.165, 1.54) is 5.57 Å². The predicted octanol–water partition coefficient (Wildman–Crippen LogP) is 4.92. The van der Waals surface area contributed by atoms with Crippen molar-refractivity contribution >= 4 is 31.9 Å². The molecule has 0 unspecified atom stereocenters. The number of halogens is 2. The van der Waals surface area contributed by atoms with Gasteiger partial charge in [-0.3, -0.25) is 0 Å². The first-order chi connectivity index (χ1) is 5.57. The standard InChI is InChI=1S/C10H14Br2/c1-4-5-8(2)10(12)7-6-9(3)11/h5-7H,4H2,1-3H3/b8-5+,9-6+,10-7+. The van der Waals surface area contributed by atoms with Crippen LogP contribution in [-0.4, -0.2) is 0 Å². The fourth-order valence-electron chi connectivity index (χ4n) is 0.723. The Morgan fingerprint density at radius 2 is 1.75 bits per heavy atom. The Bertz CT molecular complexity index is 218. The van der Waals surface area contributed by atoms with Gasteiger partial charge in [-0.1, -0.05) is 50.9 Å². The van der Waals surface area contributed by atoms with E-state index in [1.807, 2.05) is 19.1 Å². The summed E-state index contributed by atoms with van der Waals surface area (Å²) in [6, 6.07) is 0. The average molecular weight is 294 g/mol. The SMILES string of the molecule is CC/C=C(C)/C(Br)=C\C=C(/C)Br. The molecule has 0 bridgehead atoms. The van der Waals surface area contributed by atoms with Crippen molar-refractivity contribution in [1.29, 1.82) is 0 Å². The lowest BCUT2D eigenvalue weighted by Gasteiger charge is -1.96. The van der Waals surface area contributed by atoms with E-state index in [0.717, 1.165) is 15.4 Å². The Morgan fingerprint density at radius 1 is 1.17 bits per heavy atom. The van der Waals surface area contributed by atoms with Gasteiger partial charge in [0.2, 0.25) is 0 Å². The van der Waals surface area contributed by atoms with E-state index < -0.39 is 0 Å². The van der Waals surface area contributed by atoms with Crippen molar-refractivity contribution in [3.05, 3.63) is 32.8 Å². The fraction of sp³-hybridized carbons (Fsp3) is 0.400. The van der Waals surface area contributed by atoms with Crippen LogP contribution >= 0.6 is 31.9 Å². The quantitative estimate of drug-likeness (QED) is 0.648. The van der Waals surface area contributed by atoms with Crippen LogP contribution in [0.2, 0.25) is 0 Å². The van der Waals surface area contributed by atoms with Gasteiger partial charge < -0.3 is 0 Å². The molecule has 0 aromatic rings. The second-order valence-corrected chi connectivity index (χ2v) is 4.67. The largest absolute Gasteiger partial charge is 0.0807 e.